The number of fused-ring (bicyclic) bond motifs is 8. The molecule has 270 valence electrons. The molecule has 7 aromatic heterocycles. The SMILES string of the molecule is C[n+]1ccc(C2=c3ccc([nH]3)=C(c3ccccc3)c3ccc([nH]3)C(c3cc[n+](C)cc3)=c3ccc([nH]3)=C(c3cc[n+](C)cc3)c3ccc2[nH]3)cc1.[I-].[I-].[I-]. The lowest BCUT2D eigenvalue weighted by Crippen LogP contribution is -3.00. The highest BCUT2D eigenvalue weighted by atomic mass is 127. The maximum absolute atomic E-state index is 3.86. The predicted octanol–water partition coefficient (Wildman–Crippen LogP) is -6.21. The van der Waals surface area contributed by atoms with Gasteiger partial charge in [-0.05, 0) is 70.8 Å². The number of H-pyrrole nitrogens is 4. The topological polar surface area (TPSA) is 74.8 Å². The van der Waals surface area contributed by atoms with Crippen molar-refractivity contribution >= 4 is 22.3 Å². The molecule has 0 aliphatic carbocycles. The standard InChI is InChI=1S/C44H36N7.3HI/c1-49-23-17-30(18-24-49)42-35-11-9-33(45-35)41(29-7-5-4-6-8-29)34-10-12-36(46-34)43(31-19-25-50(2)26-20-31)38-14-16-40(48-38)44(39-15-13-37(42)47-39)32-21-27-51(3)28-22-32;;;/h4-28H,1-3H3,(H2,45,46,47,48);3*1H/q+1;;;/p-1. The molecule has 4 N–H and O–H groups in total. The van der Waals surface area contributed by atoms with Crippen molar-refractivity contribution in [1.82, 2.24) is 19.9 Å². The molecule has 8 aromatic rings. The van der Waals surface area contributed by atoms with Crippen LogP contribution in [-0.4, -0.2) is 19.9 Å². The van der Waals surface area contributed by atoms with Crippen molar-refractivity contribution in [2.45, 2.75) is 0 Å². The van der Waals surface area contributed by atoms with Crippen LogP contribution in [0.2, 0.25) is 0 Å². The summed E-state index contributed by atoms with van der Waals surface area (Å²) in [6.07, 6.45) is 12.6. The molecule has 7 nitrogen and oxygen atoms in total. The van der Waals surface area contributed by atoms with Crippen LogP contribution in [0.15, 0.2) is 152 Å². The smallest absolute Gasteiger partial charge is 0.169 e. The fourth-order valence-electron chi connectivity index (χ4n) is 7.18. The molecule has 10 heteroatoms. The minimum atomic E-state index is 0. The Morgan fingerprint density at radius 3 is 0.833 bits per heavy atom. The van der Waals surface area contributed by atoms with Crippen molar-refractivity contribution in [3.63, 3.8) is 0 Å². The summed E-state index contributed by atoms with van der Waals surface area (Å²) in [4.78, 5) is 15.4. The molecule has 0 radical (unpaired) electrons. The van der Waals surface area contributed by atoms with Gasteiger partial charge in [0.05, 0.1) is 0 Å². The Hall–Kier alpha value is -4.54. The minimum Gasteiger partial charge on any atom is -1.00 e. The highest BCUT2D eigenvalue weighted by Crippen LogP contribution is 2.27. The van der Waals surface area contributed by atoms with E-state index < -0.39 is 0 Å². The number of nitrogens with zero attached hydrogens (tertiary/aromatic N) is 3. The molecule has 1 aromatic carbocycles. The van der Waals surface area contributed by atoms with Gasteiger partial charge < -0.3 is 91.9 Å². The van der Waals surface area contributed by atoms with Crippen molar-refractivity contribution in [2.24, 2.45) is 21.1 Å². The van der Waals surface area contributed by atoms with Gasteiger partial charge in [-0.25, -0.2) is 13.7 Å². The Morgan fingerprint density at radius 2 is 0.556 bits per heavy atom. The van der Waals surface area contributed by atoms with Gasteiger partial charge in [0.2, 0.25) is 0 Å². The monoisotopic (exact) mass is 1050 g/mol. The van der Waals surface area contributed by atoms with Crippen LogP contribution in [0.4, 0.5) is 0 Å². The van der Waals surface area contributed by atoms with E-state index in [4.69, 9.17) is 0 Å². The summed E-state index contributed by atoms with van der Waals surface area (Å²) in [5.74, 6) is 0. The molecule has 0 unspecified atom stereocenters. The first-order chi connectivity index (χ1) is 25.0. The normalized spacial score (nSPS) is 12.1. The largest absolute Gasteiger partial charge is 1.00 e. The van der Waals surface area contributed by atoms with E-state index in [0.29, 0.717) is 0 Å². The van der Waals surface area contributed by atoms with Gasteiger partial charge in [0.1, 0.15) is 21.1 Å². The summed E-state index contributed by atoms with van der Waals surface area (Å²) in [7, 11) is 6.14. The summed E-state index contributed by atoms with van der Waals surface area (Å²) in [6, 6.07) is 41.2. The molecular formula is C44H38I3N7. The first kappa shape index (κ1) is 39.2. The number of benzene rings is 1. The van der Waals surface area contributed by atoms with Gasteiger partial charge in [0.25, 0.3) is 0 Å². The predicted molar refractivity (Wildman–Crippen MR) is 197 cm³/mol. The van der Waals surface area contributed by atoms with Gasteiger partial charge in [-0.2, -0.15) is 0 Å². The van der Waals surface area contributed by atoms with Crippen LogP contribution in [0.1, 0.15) is 45.0 Å². The average Bonchev–Trinajstić information content (AvgIpc) is 3.99. The lowest BCUT2D eigenvalue weighted by Gasteiger charge is -2.09. The van der Waals surface area contributed by atoms with E-state index in [-0.39, 0.29) is 71.9 Å². The van der Waals surface area contributed by atoms with E-state index in [2.05, 4.69) is 186 Å². The van der Waals surface area contributed by atoms with Gasteiger partial charge in [-0.1, -0.05) is 30.3 Å². The number of aromatic nitrogens is 7. The lowest BCUT2D eigenvalue weighted by molar-refractivity contribution is -0.671. The third kappa shape index (κ3) is 7.43. The van der Waals surface area contributed by atoms with E-state index in [1.165, 1.54) is 0 Å². The second-order valence-corrected chi connectivity index (χ2v) is 13.3. The fourth-order valence-corrected chi connectivity index (χ4v) is 7.18. The molecule has 0 atom stereocenters. The van der Waals surface area contributed by atoms with Gasteiger partial charge in [-0.15, -0.1) is 0 Å². The Balaban J connectivity index is 0.00000166. The van der Waals surface area contributed by atoms with E-state index in [1.54, 1.807) is 0 Å². The number of pyridine rings is 3. The molecule has 54 heavy (non-hydrogen) atoms. The van der Waals surface area contributed by atoms with E-state index in [9.17, 15) is 0 Å². The first-order valence-corrected chi connectivity index (χ1v) is 17.2. The summed E-state index contributed by atoms with van der Waals surface area (Å²) in [5.41, 5.74) is 13.0. The third-order valence-corrected chi connectivity index (χ3v) is 9.76. The van der Waals surface area contributed by atoms with Crippen LogP contribution in [0.3, 0.4) is 0 Å². The zero-order chi connectivity index (χ0) is 34.5. The van der Waals surface area contributed by atoms with Crippen LogP contribution < -0.4 is 107 Å². The third-order valence-electron chi connectivity index (χ3n) is 9.76. The minimum absolute atomic E-state index is 0. The zero-order valence-corrected chi connectivity index (χ0v) is 36.4. The average molecular weight is 1050 g/mol. The molecule has 0 spiro atoms. The molecule has 9 rings (SSSR count). The van der Waals surface area contributed by atoms with Crippen LogP contribution in [0, 0.1) is 0 Å². The number of rotatable bonds is 4. The van der Waals surface area contributed by atoms with Gasteiger partial charge in [-0.3, -0.25) is 0 Å². The Kier molecular flexibility index (Phi) is 11.9. The van der Waals surface area contributed by atoms with Crippen molar-refractivity contribution in [3.8, 4) is 0 Å². The Bertz CT molecular complexity index is 2810. The second-order valence-electron chi connectivity index (χ2n) is 13.3. The quantitative estimate of drug-likeness (QED) is 0.100. The summed E-state index contributed by atoms with van der Waals surface area (Å²) in [5, 5.41) is 4.11. The van der Waals surface area contributed by atoms with E-state index in [1.807, 2.05) is 21.1 Å². The second kappa shape index (κ2) is 16.4. The highest BCUT2D eigenvalue weighted by Gasteiger charge is 2.19. The van der Waals surface area contributed by atoms with Crippen LogP contribution >= 0.6 is 0 Å². The molecular weight excluding hydrogens is 1010 g/mol. The van der Waals surface area contributed by atoms with Gasteiger partial charge in [0.15, 0.2) is 37.2 Å². The summed E-state index contributed by atoms with van der Waals surface area (Å²) < 4.78 is 6.19. The fraction of sp³-hybridized carbons (Fsp3) is 0.0682. The summed E-state index contributed by atoms with van der Waals surface area (Å²) >= 11 is 0. The lowest BCUT2D eigenvalue weighted by atomic mass is 10.0. The van der Waals surface area contributed by atoms with Gasteiger partial charge >= 0.3 is 0 Å². The van der Waals surface area contributed by atoms with Crippen molar-refractivity contribution < 1.29 is 85.6 Å². The van der Waals surface area contributed by atoms with Crippen molar-refractivity contribution in [3.05, 3.63) is 219 Å². The van der Waals surface area contributed by atoms with Crippen LogP contribution in [0.5, 0.6) is 0 Å². The molecule has 8 heterocycles. The maximum Gasteiger partial charge on any atom is 0.169 e. The molecule has 0 saturated heterocycles. The molecule has 8 bridgehead atoms. The molecule has 0 amide bonds. The summed E-state index contributed by atoms with van der Waals surface area (Å²) in [6.45, 7) is 0. The molecule has 1 aliphatic rings. The molecule has 0 saturated carbocycles. The van der Waals surface area contributed by atoms with E-state index in [0.717, 1.165) is 88.7 Å². The number of hydrogen-bond donors (Lipinski definition) is 4. The van der Waals surface area contributed by atoms with E-state index >= 15 is 0 Å². The number of aryl methyl sites for hydroxylation is 3. The zero-order valence-electron chi connectivity index (χ0n) is 29.9. The van der Waals surface area contributed by atoms with Crippen LogP contribution in [-0.2, 0) is 21.1 Å². The van der Waals surface area contributed by atoms with Crippen molar-refractivity contribution in [2.75, 3.05) is 0 Å². The number of halogens is 3. The molecule has 1 aliphatic heterocycles. The van der Waals surface area contributed by atoms with Crippen LogP contribution in [0.25, 0.3) is 22.3 Å². The van der Waals surface area contributed by atoms with Gasteiger partial charge in [0, 0.05) is 103 Å². The van der Waals surface area contributed by atoms with Crippen molar-refractivity contribution in [1.29, 1.82) is 0 Å². The number of aromatic amines is 4. The molecule has 0 fully saturated rings. The maximum atomic E-state index is 3.86. The first-order valence-electron chi connectivity index (χ1n) is 17.2. The Labute approximate surface area is 364 Å². The number of nitrogens with one attached hydrogen (secondary N) is 4. The highest BCUT2D eigenvalue weighted by molar-refractivity contribution is 5.84. The Morgan fingerprint density at radius 1 is 0.296 bits per heavy atom. The number of hydrogen-bond acceptors (Lipinski definition) is 0.